The van der Waals surface area contributed by atoms with Crippen molar-refractivity contribution in [2.24, 2.45) is 0 Å². The fourth-order valence-electron chi connectivity index (χ4n) is 1.99. The van der Waals surface area contributed by atoms with Crippen LogP contribution in [0.1, 0.15) is 10.4 Å². The quantitative estimate of drug-likeness (QED) is 0.817. The van der Waals surface area contributed by atoms with E-state index in [1.54, 1.807) is 18.2 Å². The van der Waals surface area contributed by atoms with Gasteiger partial charge in [0.15, 0.2) is 0 Å². The smallest absolute Gasteiger partial charge is 0.251 e. The molecule has 21 heavy (non-hydrogen) atoms. The molecule has 0 bridgehead atoms. The van der Waals surface area contributed by atoms with Crippen LogP contribution in [0, 0.1) is 0 Å². The SMILES string of the molecule is CN(CCNC(=O)c1cc(N)cc(Br)c1)c1ccccc1. The number of anilines is 2. The van der Waals surface area contributed by atoms with Crippen molar-refractivity contribution < 1.29 is 4.79 Å². The Morgan fingerprint density at radius 2 is 1.95 bits per heavy atom. The Hall–Kier alpha value is -2.01. The molecule has 0 saturated carbocycles. The first-order valence-corrected chi connectivity index (χ1v) is 7.46. The van der Waals surface area contributed by atoms with E-state index in [1.807, 2.05) is 37.4 Å². The highest BCUT2D eigenvalue weighted by Crippen LogP contribution is 2.17. The zero-order valence-electron chi connectivity index (χ0n) is 11.8. The van der Waals surface area contributed by atoms with Gasteiger partial charge in [-0.3, -0.25) is 4.79 Å². The van der Waals surface area contributed by atoms with E-state index in [9.17, 15) is 4.79 Å². The van der Waals surface area contributed by atoms with Gasteiger partial charge < -0.3 is 16.0 Å². The normalized spacial score (nSPS) is 10.2. The van der Waals surface area contributed by atoms with Gasteiger partial charge in [0.25, 0.3) is 5.91 Å². The summed E-state index contributed by atoms with van der Waals surface area (Å²) < 4.78 is 0.800. The van der Waals surface area contributed by atoms with Crippen molar-refractivity contribution >= 4 is 33.2 Å². The summed E-state index contributed by atoms with van der Waals surface area (Å²) in [6, 6.07) is 15.2. The zero-order valence-corrected chi connectivity index (χ0v) is 13.4. The summed E-state index contributed by atoms with van der Waals surface area (Å²) in [5.74, 6) is -0.121. The lowest BCUT2D eigenvalue weighted by Crippen LogP contribution is -2.33. The number of nitrogens with one attached hydrogen (secondary N) is 1. The number of nitrogen functional groups attached to an aromatic ring is 1. The molecule has 2 rings (SSSR count). The highest BCUT2D eigenvalue weighted by Gasteiger charge is 2.07. The predicted octanol–water partition coefficient (Wildman–Crippen LogP) is 2.90. The average Bonchev–Trinajstić information content (AvgIpc) is 2.47. The number of hydrogen-bond acceptors (Lipinski definition) is 3. The minimum absolute atomic E-state index is 0.121. The number of nitrogens with two attached hydrogens (primary N) is 1. The third kappa shape index (κ3) is 4.49. The third-order valence-electron chi connectivity index (χ3n) is 3.11. The molecule has 4 nitrogen and oxygen atoms in total. The lowest BCUT2D eigenvalue weighted by atomic mass is 10.2. The molecule has 0 aliphatic heterocycles. The molecule has 0 saturated heterocycles. The van der Waals surface area contributed by atoms with Gasteiger partial charge in [-0.15, -0.1) is 0 Å². The van der Waals surface area contributed by atoms with Crippen molar-refractivity contribution in [2.45, 2.75) is 0 Å². The summed E-state index contributed by atoms with van der Waals surface area (Å²) >= 11 is 3.34. The molecular formula is C16H18BrN3O. The van der Waals surface area contributed by atoms with Gasteiger partial charge in [0.05, 0.1) is 0 Å². The first kappa shape index (κ1) is 15.4. The summed E-state index contributed by atoms with van der Waals surface area (Å²) in [4.78, 5) is 14.2. The second kappa shape index (κ2) is 7.13. The van der Waals surface area contributed by atoms with Crippen molar-refractivity contribution in [3.8, 4) is 0 Å². The number of carbonyl (C=O) groups is 1. The van der Waals surface area contributed by atoms with E-state index in [1.165, 1.54) is 0 Å². The number of halogens is 1. The fraction of sp³-hybridized carbons (Fsp3) is 0.188. The van der Waals surface area contributed by atoms with Crippen molar-refractivity contribution in [3.05, 3.63) is 58.6 Å². The Morgan fingerprint density at radius 1 is 1.24 bits per heavy atom. The third-order valence-corrected chi connectivity index (χ3v) is 3.57. The van der Waals surface area contributed by atoms with Crippen LogP contribution in [-0.4, -0.2) is 26.0 Å². The van der Waals surface area contributed by atoms with E-state index in [0.29, 0.717) is 17.8 Å². The maximum Gasteiger partial charge on any atom is 0.251 e. The second-order valence-corrected chi connectivity index (χ2v) is 5.70. The molecule has 0 aromatic heterocycles. The highest BCUT2D eigenvalue weighted by molar-refractivity contribution is 9.10. The van der Waals surface area contributed by atoms with E-state index in [4.69, 9.17) is 5.73 Å². The number of nitrogens with zero attached hydrogens (tertiary/aromatic N) is 1. The van der Waals surface area contributed by atoms with Crippen LogP contribution in [-0.2, 0) is 0 Å². The Kier molecular flexibility index (Phi) is 5.22. The van der Waals surface area contributed by atoms with E-state index in [0.717, 1.165) is 16.7 Å². The van der Waals surface area contributed by atoms with Crippen LogP contribution in [0.2, 0.25) is 0 Å². The van der Waals surface area contributed by atoms with Crippen LogP contribution in [0.3, 0.4) is 0 Å². The topological polar surface area (TPSA) is 58.4 Å². The second-order valence-electron chi connectivity index (χ2n) is 4.79. The van der Waals surface area contributed by atoms with E-state index < -0.39 is 0 Å². The van der Waals surface area contributed by atoms with Crippen molar-refractivity contribution in [1.29, 1.82) is 0 Å². The summed E-state index contributed by atoms with van der Waals surface area (Å²) in [7, 11) is 2.00. The standard InChI is InChI=1S/C16H18BrN3O/c1-20(15-5-3-2-4-6-15)8-7-19-16(21)12-9-13(17)11-14(18)10-12/h2-6,9-11H,7-8,18H2,1H3,(H,19,21). The molecule has 0 spiro atoms. The van der Waals surface area contributed by atoms with Gasteiger partial charge in [0.1, 0.15) is 0 Å². The first-order valence-electron chi connectivity index (χ1n) is 6.67. The molecule has 0 fully saturated rings. The van der Waals surface area contributed by atoms with E-state index >= 15 is 0 Å². The lowest BCUT2D eigenvalue weighted by Gasteiger charge is -2.19. The van der Waals surface area contributed by atoms with Crippen LogP contribution in [0.25, 0.3) is 0 Å². The number of hydrogen-bond donors (Lipinski definition) is 2. The molecule has 0 aliphatic rings. The zero-order chi connectivity index (χ0) is 15.2. The number of carbonyl (C=O) groups excluding carboxylic acids is 1. The van der Waals surface area contributed by atoms with Crippen LogP contribution in [0.5, 0.6) is 0 Å². The van der Waals surface area contributed by atoms with Gasteiger partial charge in [-0.25, -0.2) is 0 Å². The van der Waals surface area contributed by atoms with Crippen LogP contribution in [0.4, 0.5) is 11.4 Å². The molecule has 0 heterocycles. The summed E-state index contributed by atoms with van der Waals surface area (Å²) in [5, 5.41) is 2.90. The molecule has 2 aromatic rings. The van der Waals surface area contributed by atoms with Gasteiger partial charge in [-0.1, -0.05) is 34.1 Å². The Morgan fingerprint density at radius 3 is 2.62 bits per heavy atom. The highest BCUT2D eigenvalue weighted by atomic mass is 79.9. The monoisotopic (exact) mass is 347 g/mol. The van der Waals surface area contributed by atoms with Crippen molar-refractivity contribution in [1.82, 2.24) is 5.32 Å². The molecule has 0 aliphatic carbocycles. The average molecular weight is 348 g/mol. The molecule has 5 heteroatoms. The maximum absolute atomic E-state index is 12.1. The minimum atomic E-state index is -0.121. The summed E-state index contributed by atoms with van der Waals surface area (Å²) in [6.45, 7) is 1.30. The molecule has 0 radical (unpaired) electrons. The predicted molar refractivity (Wildman–Crippen MR) is 90.6 cm³/mol. The Balaban J connectivity index is 1.87. The number of para-hydroxylation sites is 1. The molecule has 1 amide bonds. The summed E-state index contributed by atoms with van der Waals surface area (Å²) in [6.07, 6.45) is 0. The van der Waals surface area contributed by atoms with Gasteiger partial charge in [-0.05, 0) is 30.3 Å². The van der Waals surface area contributed by atoms with Crippen LogP contribution in [0.15, 0.2) is 53.0 Å². The first-order chi connectivity index (χ1) is 10.1. The lowest BCUT2D eigenvalue weighted by molar-refractivity contribution is 0.0954. The van der Waals surface area contributed by atoms with Gasteiger partial charge in [0.2, 0.25) is 0 Å². The van der Waals surface area contributed by atoms with Gasteiger partial charge in [0, 0.05) is 41.5 Å². The van der Waals surface area contributed by atoms with Gasteiger partial charge in [-0.2, -0.15) is 0 Å². The molecule has 3 N–H and O–H groups in total. The molecule has 2 aromatic carbocycles. The number of benzene rings is 2. The number of likely N-dealkylation sites (N-methyl/N-ethyl adjacent to an activating group) is 1. The summed E-state index contributed by atoms with van der Waals surface area (Å²) in [5.41, 5.74) is 7.98. The van der Waals surface area contributed by atoms with Crippen molar-refractivity contribution in [3.63, 3.8) is 0 Å². The molecule has 0 atom stereocenters. The number of rotatable bonds is 5. The van der Waals surface area contributed by atoms with E-state index in [-0.39, 0.29) is 5.91 Å². The molecule has 0 unspecified atom stereocenters. The minimum Gasteiger partial charge on any atom is -0.399 e. The van der Waals surface area contributed by atoms with Crippen molar-refractivity contribution in [2.75, 3.05) is 30.8 Å². The molecular weight excluding hydrogens is 330 g/mol. The largest absolute Gasteiger partial charge is 0.399 e. The fourth-order valence-corrected chi connectivity index (χ4v) is 2.51. The number of amides is 1. The maximum atomic E-state index is 12.1. The Labute approximate surface area is 133 Å². The van der Waals surface area contributed by atoms with Gasteiger partial charge >= 0.3 is 0 Å². The molecule has 110 valence electrons. The van der Waals surface area contributed by atoms with Crippen LogP contribution >= 0.6 is 15.9 Å². The van der Waals surface area contributed by atoms with Crippen LogP contribution < -0.4 is 16.0 Å². The van der Waals surface area contributed by atoms with E-state index in [2.05, 4.69) is 26.1 Å². The Bertz CT molecular complexity index is 596.